The first-order valence-electron chi connectivity index (χ1n) is 7.69. The number of methoxy groups -OCH3 is 1. The Kier molecular flexibility index (Phi) is 5.03. The fraction of sp³-hybridized carbons (Fsp3) is 0.389. The van der Waals surface area contributed by atoms with Crippen LogP contribution in [0.4, 0.5) is 0 Å². The zero-order valence-electron chi connectivity index (χ0n) is 12.9. The van der Waals surface area contributed by atoms with Crippen molar-refractivity contribution in [2.24, 2.45) is 0 Å². The molecule has 0 spiro atoms. The van der Waals surface area contributed by atoms with Gasteiger partial charge in [0.25, 0.3) is 0 Å². The van der Waals surface area contributed by atoms with Crippen LogP contribution in [0.5, 0.6) is 5.75 Å². The summed E-state index contributed by atoms with van der Waals surface area (Å²) in [5.74, 6) is 0.895. The van der Waals surface area contributed by atoms with Gasteiger partial charge in [-0.05, 0) is 35.7 Å². The predicted molar refractivity (Wildman–Crippen MR) is 86.0 cm³/mol. The highest BCUT2D eigenvalue weighted by Gasteiger charge is 2.20. The molecule has 0 saturated carbocycles. The Morgan fingerprint density at radius 2 is 2.09 bits per heavy atom. The molecule has 116 valence electrons. The maximum atomic E-state index is 5.92. The van der Waals surface area contributed by atoms with Gasteiger partial charge in [-0.3, -0.25) is 9.88 Å². The summed E-state index contributed by atoms with van der Waals surface area (Å²) < 4.78 is 11.1. The molecular formula is C18H22N2O2. The summed E-state index contributed by atoms with van der Waals surface area (Å²) >= 11 is 0. The fourth-order valence-corrected chi connectivity index (χ4v) is 2.82. The third kappa shape index (κ3) is 4.06. The van der Waals surface area contributed by atoms with E-state index >= 15 is 0 Å². The van der Waals surface area contributed by atoms with Crippen molar-refractivity contribution >= 4 is 0 Å². The van der Waals surface area contributed by atoms with Crippen molar-refractivity contribution in [1.29, 1.82) is 0 Å². The predicted octanol–water partition coefficient (Wildman–Crippen LogP) is 2.53. The van der Waals surface area contributed by atoms with Crippen molar-refractivity contribution in [2.75, 3.05) is 26.8 Å². The lowest BCUT2D eigenvalue weighted by Crippen LogP contribution is -2.42. The normalized spacial score (nSPS) is 19.0. The van der Waals surface area contributed by atoms with Crippen LogP contribution in [0.3, 0.4) is 0 Å². The molecule has 3 rings (SSSR count). The molecule has 1 aromatic carbocycles. The van der Waals surface area contributed by atoms with Gasteiger partial charge in [0.2, 0.25) is 0 Å². The van der Waals surface area contributed by atoms with E-state index in [0.717, 1.165) is 38.4 Å². The molecule has 1 aliphatic heterocycles. The van der Waals surface area contributed by atoms with Gasteiger partial charge < -0.3 is 9.47 Å². The molecule has 0 N–H and O–H groups in total. The molecule has 1 aliphatic rings. The number of hydrogen-bond donors (Lipinski definition) is 0. The molecule has 0 aliphatic carbocycles. The smallest absolute Gasteiger partial charge is 0.118 e. The lowest BCUT2D eigenvalue weighted by Gasteiger charge is -2.33. The quantitative estimate of drug-likeness (QED) is 0.849. The molecule has 1 aromatic heterocycles. The second-order valence-electron chi connectivity index (χ2n) is 5.64. The Morgan fingerprint density at radius 1 is 1.23 bits per heavy atom. The van der Waals surface area contributed by atoms with Crippen molar-refractivity contribution in [3.63, 3.8) is 0 Å². The van der Waals surface area contributed by atoms with E-state index in [4.69, 9.17) is 9.47 Å². The van der Waals surface area contributed by atoms with Gasteiger partial charge in [-0.1, -0.05) is 18.2 Å². The second-order valence-corrected chi connectivity index (χ2v) is 5.64. The highest BCUT2D eigenvalue weighted by Crippen LogP contribution is 2.16. The van der Waals surface area contributed by atoms with Crippen LogP contribution in [-0.2, 0) is 17.7 Å². The van der Waals surface area contributed by atoms with Crippen molar-refractivity contribution in [3.05, 3.63) is 59.9 Å². The van der Waals surface area contributed by atoms with Gasteiger partial charge in [0, 0.05) is 32.0 Å². The Morgan fingerprint density at radius 3 is 2.82 bits per heavy atom. The SMILES string of the molecule is COc1ccc(C[C@H]2CN(Cc3cccnc3)CCO2)cc1. The number of aromatic nitrogens is 1. The van der Waals surface area contributed by atoms with E-state index in [0.29, 0.717) is 0 Å². The molecule has 22 heavy (non-hydrogen) atoms. The molecule has 1 atom stereocenters. The summed E-state index contributed by atoms with van der Waals surface area (Å²) in [6, 6.07) is 12.4. The molecule has 2 heterocycles. The topological polar surface area (TPSA) is 34.6 Å². The third-order valence-electron chi connectivity index (χ3n) is 3.97. The van der Waals surface area contributed by atoms with E-state index in [1.807, 2.05) is 30.6 Å². The maximum absolute atomic E-state index is 5.92. The van der Waals surface area contributed by atoms with E-state index in [1.165, 1.54) is 11.1 Å². The van der Waals surface area contributed by atoms with E-state index in [1.54, 1.807) is 7.11 Å². The molecule has 0 amide bonds. The van der Waals surface area contributed by atoms with Crippen molar-refractivity contribution < 1.29 is 9.47 Å². The molecule has 4 nitrogen and oxygen atoms in total. The first kappa shape index (κ1) is 15.0. The summed E-state index contributed by atoms with van der Waals surface area (Å²) in [5, 5.41) is 0. The monoisotopic (exact) mass is 298 g/mol. The van der Waals surface area contributed by atoms with Gasteiger partial charge in [-0.15, -0.1) is 0 Å². The zero-order chi connectivity index (χ0) is 15.2. The van der Waals surface area contributed by atoms with E-state index < -0.39 is 0 Å². The second kappa shape index (κ2) is 7.38. The lowest BCUT2D eigenvalue weighted by molar-refractivity contribution is -0.0305. The average molecular weight is 298 g/mol. The third-order valence-corrected chi connectivity index (χ3v) is 3.97. The highest BCUT2D eigenvalue weighted by atomic mass is 16.5. The summed E-state index contributed by atoms with van der Waals surface area (Å²) in [6.07, 6.45) is 4.94. The summed E-state index contributed by atoms with van der Waals surface area (Å²) in [7, 11) is 1.69. The maximum Gasteiger partial charge on any atom is 0.118 e. The van der Waals surface area contributed by atoms with Crippen LogP contribution in [0, 0.1) is 0 Å². The number of hydrogen-bond acceptors (Lipinski definition) is 4. The molecule has 0 unspecified atom stereocenters. The summed E-state index contributed by atoms with van der Waals surface area (Å²) in [4.78, 5) is 6.62. The van der Waals surface area contributed by atoms with E-state index in [-0.39, 0.29) is 6.10 Å². The number of ether oxygens (including phenoxy) is 2. The van der Waals surface area contributed by atoms with Gasteiger partial charge in [0.05, 0.1) is 19.8 Å². The Hall–Kier alpha value is -1.91. The summed E-state index contributed by atoms with van der Waals surface area (Å²) in [5.41, 5.74) is 2.54. The van der Waals surface area contributed by atoms with Crippen molar-refractivity contribution in [1.82, 2.24) is 9.88 Å². The molecule has 1 fully saturated rings. The van der Waals surface area contributed by atoms with Crippen molar-refractivity contribution in [3.8, 4) is 5.75 Å². The molecule has 0 radical (unpaired) electrons. The number of benzene rings is 1. The molecule has 1 saturated heterocycles. The number of pyridine rings is 1. The number of morpholine rings is 1. The minimum absolute atomic E-state index is 0.249. The highest BCUT2D eigenvalue weighted by molar-refractivity contribution is 5.27. The van der Waals surface area contributed by atoms with Crippen LogP contribution in [0.1, 0.15) is 11.1 Å². The van der Waals surface area contributed by atoms with Crippen LogP contribution < -0.4 is 4.74 Å². The first-order valence-corrected chi connectivity index (χ1v) is 7.69. The van der Waals surface area contributed by atoms with Crippen LogP contribution in [0.2, 0.25) is 0 Å². The van der Waals surface area contributed by atoms with Gasteiger partial charge >= 0.3 is 0 Å². The standard InChI is InChI=1S/C18H22N2O2/c1-21-17-6-4-15(5-7-17)11-18-14-20(9-10-22-18)13-16-3-2-8-19-12-16/h2-8,12,18H,9-11,13-14H2,1H3/t18-/m0/s1. The minimum atomic E-state index is 0.249. The van der Waals surface area contributed by atoms with E-state index in [9.17, 15) is 0 Å². The van der Waals surface area contributed by atoms with Gasteiger partial charge in [0.1, 0.15) is 5.75 Å². The van der Waals surface area contributed by atoms with Crippen molar-refractivity contribution in [2.45, 2.75) is 19.1 Å². The Balaban J connectivity index is 1.55. The average Bonchev–Trinajstić information content (AvgIpc) is 2.57. The zero-order valence-corrected chi connectivity index (χ0v) is 12.9. The first-order chi connectivity index (χ1) is 10.8. The molecule has 0 bridgehead atoms. The van der Waals surface area contributed by atoms with Crippen LogP contribution >= 0.6 is 0 Å². The van der Waals surface area contributed by atoms with Gasteiger partial charge in [-0.25, -0.2) is 0 Å². The van der Waals surface area contributed by atoms with Gasteiger partial charge in [-0.2, -0.15) is 0 Å². The lowest BCUT2D eigenvalue weighted by atomic mass is 10.1. The van der Waals surface area contributed by atoms with Crippen LogP contribution in [-0.4, -0.2) is 42.8 Å². The van der Waals surface area contributed by atoms with Gasteiger partial charge in [0.15, 0.2) is 0 Å². The van der Waals surface area contributed by atoms with E-state index in [2.05, 4.69) is 28.1 Å². The number of rotatable bonds is 5. The van der Waals surface area contributed by atoms with Crippen LogP contribution in [0.25, 0.3) is 0 Å². The largest absolute Gasteiger partial charge is 0.497 e. The Bertz CT molecular complexity index is 571. The van der Waals surface area contributed by atoms with Crippen LogP contribution in [0.15, 0.2) is 48.8 Å². The molecule has 4 heteroatoms. The molecular weight excluding hydrogens is 276 g/mol. The molecule has 2 aromatic rings. The minimum Gasteiger partial charge on any atom is -0.497 e. The fourth-order valence-electron chi connectivity index (χ4n) is 2.82. The number of nitrogens with zero attached hydrogens (tertiary/aromatic N) is 2. The summed E-state index contributed by atoms with van der Waals surface area (Å²) in [6.45, 7) is 3.67. The Labute approximate surface area is 131 Å².